The molecule has 5 nitrogen and oxygen atoms in total. The summed E-state index contributed by atoms with van der Waals surface area (Å²) in [6.07, 6.45) is -4.16. The molecule has 0 bridgehead atoms. The highest BCUT2D eigenvalue weighted by molar-refractivity contribution is 5.95. The Bertz CT molecular complexity index is 690. The highest BCUT2D eigenvalue weighted by Gasteiger charge is 2.31. The average Bonchev–Trinajstić information content (AvgIpc) is 2.80. The van der Waals surface area contributed by atoms with Crippen molar-refractivity contribution in [1.82, 2.24) is 9.80 Å². The Morgan fingerprint density at radius 2 is 1.64 bits per heavy atom. The van der Waals surface area contributed by atoms with Crippen LogP contribution in [-0.2, 0) is 4.79 Å². The standard InChI is InChI=1S/C17H17F3N2O3/c1-2-4-15(23)21-9-3-10-22(12-11-21)16(24)13-5-7-14(8-6-13)25-17(18,19)20/h5-8H,3,9-12H2,1H3. The van der Waals surface area contributed by atoms with E-state index in [1.807, 2.05) is 0 Å². The number of hydrogen-bond acceptors (Lipinski definition) is 3. The maximum atomic E-state index is 12.5. The molecule has 25 heavy (non-hydrogen) atoms. The quantitative estimate of drug-likeness (QED) is 0.766. The zero-order valence-corrected chi connectivity index (χ0v) is 13.6. The minimum absolute atomic E-state index is 0.266. The molecule has 0 spiro atoms. The molecule has 1 heterocycles. The van der Waals surface area contributed by atoms with Crippen LogP contribution < -0.4 is 4.74 Å². The van der Waals surface area contributed by atoms with E-state index in [2.05, 4.69) is 16.6 Å². The van der Waals surface area contributed by atoms with Crippen molar-refractivity contribution in [3.05, 3.63) is 29.8 Å². The average molecular weight is 354 g/mol. The van der Waals surface area contributed by atoms with Gasteiger partial charge in [0, 0.05) is 31.7 Å². The van der Waals surface area contributed by atoms with E-state index in [9.17, 15) is 22.8 Å². The molecule has 8 heteroatoms. The van der Waals surface area contributed by atoms with Crippen molar-refractivity contribution in [2.75, 3.05) is 26.2 Å². The van der Waals surface area contributed by atoms with Crippen LogP contribution in [0.1, 0.15) is 23.7 Å². The van der Waals surface area contributed by atoms with Gasteiger partial charge in [-0.15, -0.1) is 13.2 Å². The first-order chi connectivity index (χ1) is 11.8. The van der Waals surface area contributed by atoms with Crippen LogP contribution in [0, 0.1) is 11.8 Å². The van der Waals surface area contributed by atoms with Gasteiger partial charge in [-0.2, -0.15) is 0 Å². The number of nitrogens with zero attached hydrogens (tertiary/aromatic N) is 2. The van der Waals surface area contributed by atoms with Crippen molar-refractivity contribution in [2.45, 2.75) is 19.7 Å². The molecule has 0 aromatic heterocycles. The van der Waals surface area contributed by atoms with Crippen LogP contribution in [0.2, 0.25) is 0 Å². The van der Waals surface area contributed by atoms with E-state index in [1.165, 1.54) is 12.1 Å². The zero-order valence-electron chi connectivity index (χ0n) is 13.6. The molecule has 134 valence electrons. The molecule has 1 fully saturated rings. The first-order valence-electron chi connectivity index (χ1n) is 7.67. The molecule has 0 aliphatic carbocycles. The van der Waals surface area contributed by atoms with Gasteiger partial charge in [-0.3, -0.25) is 9.59 Å². The predicted octanol–water partition coefficient (Wildman–Crippen LogP) is 2.28. The number of alkyl halides is 3. The highest BCUT2D eigenvalue weighted by Crippen LogP contribution is 2.23. The first kappa shape index (κ1) is 18.6. The van der Waals surface area contributed by atoms with Crippen molar-refractivity contribution < 1.29 is 27.5 Å². The summed E-state index contributed by atoms with van der Waals surface area (Å²) in [6.45, 7) is 3.27. The molecule has 1 aliphatic rings. The highest BCUT2D eigenvalue weighted by atomic mass is 19.4. The largest absolute Gasteiger partial charge is 0.573 e. The summed E-state index contributed by atoms with van der Waals surface area (Å²) < 4.78 is 40.2. The second-order valence-corrected chi connectivity index (χ2v) is 5.39. The predicted molar refractivity (Wildman–Crippen MR) is 83.7 cm³/mol. The van der Waals surface area contributed by atoms with E-state index in [0.29, 0.717) is 32.6 Å². The molecule has 2 amide bonds. The van der Waals surface area contributed by atoms with Gasteiger partial charge in [0.25, 0.3) is 11.8 Å². The van der Waals surface area contributed by atoms with Crippen LogP contribution in [0.15, 0.2) is 24.3 Å². The Morgan fingerprint density at radius 3 is 2.24 bits per heavy atom. The van der Waals surface area contributed by atoms with Gasteiger partial charge >= 0.3 is 6.36 Å². The van der Waals surface area contributed by atoms with Crippen LogP contribution in [-0.4, -0.2) is 54.2 Å². The van der Waals surface area contributed by atoms with Gasteiger partial charge in [-0.25, -0.2) is 0 Å². The summed E-state index contributed by atoms with van der Waals surface area (Å²) in [7, 11) is 0. The summed E-state index contributed by atoms with van der Waals surface area (Å²) in [5.74, 6) is 4.07. The number of carbonyl (C=O) groups is 2. The summed E-state index contributed by atoms with van der Waals surface area (Å²) >= 11 is 0. The second kappa shape index (κ2) is 7.92. The molecule has 0 radical (unpaired) electrons. The second-order valence-electron chi connectivity index (χ2n) is 5.39. The normalized spacial score (nSPS) is 15.0. The summed E-state index contributed by atoms with van der Waals surface area (Å²) in [4.78, 5) is 27.4. The number of halogens is 3. The molecule has 0 saturated carbocycles. The Labute approximate surface area is 143 Å². The van der Waals surface area contributed by atoms with Crippen molar-refractivity contribution >= 4 is 11.8 Å². The molecule has 1 aromatic carbocycles. The van der Waals surface area contributed by atoms with Crippen LogP contribution >= 0.6 is 0 Å². The molecular weight excluding hydrogens is 337 g/mol. The Hall–Kier alpha value is -2.69. The zero-order chi connectivity index (χ0) is 18.4. The number of rotatable bonds is 2. The van der Waals surface area contributed by atoms with Crippen molar-refractivity contribution in [2.24, 2.45) is 0 Å². The summed E-state index contributed by atoms with van der Waals surface area (Å²) in [5.41, 5.74) is 0.266. The van der Waals surface area contributed by atoms with Crippen LogP contribution in [0.4, 0.5) is 13.2 Å². The van der Waals surface area contributed by atoms with E-state index < -0.39 is 6.36 Å². The van der Waals surface area contributed by atoms with Crippen LogP contribution in [0.25, 0.3) is 0 Å². The monoisotopic (exact) mass is 354 g/mol. The van der Waals surface area contributed by atoms with Gasteiger partial charge in [-0.1, -0.05) is 5.92 Å². The number of amides is 2. The lowest BCUT2D eigenvalue weighted by atomic mass is 10.2. The molecule has 1 aromatic rings. The van der Waals surface area contributed by atoms with Crippen molar-refractivity contribution in [3.8, 4) is 17.6 Å². The van der Waals surface area contributed by atoms with E-state index in [-0.39, 0.29) is 23.1 Å². The van der Waals surface area contributed by atoms with Gasteiger partial charge < -0.3 is 14.5 Å². The third kappa shape index (κ3) is 5.41. The Kier molecular flexibility index (Phi) is 5.91. The lowest BCUT2D eigenvalue weighted by molar-refractivity contribution is -0.274. The number of benzene rings is 1. The molecule has 0 unspecified atom stereocenters. The van der Waals surface area contributed by atoms with Gasteiger partial charge in [-0.05, 0) is 43.5 Å². The minimum Gasteiger partial charge on any atom is -0.406 e. The maximum absolute atomic E-state index is 12.5. The molecular formula is C17H17F3N2O3. The number of hydrogen-bond donors (Lipinski definition) is 0. The molecule has 0 atom stereocenters. The lowest BCUT2D eigenvalue weighted by Crippen LogP contribution is -2.36. The maximum Gasteiger partial charge on any atom is 0.573 e. The smallest absolute Gasteiger partial charge is 0.406 e. The topological polar surface area (TPSA) is 49.9 Å². The molecule has 1 saturated heterocycles. The van der Waals surface area contributed by atoms with Gasteiger partial charge in [0.05, 0.1) is 0 Å². The molecule has 2 rings (SSSR count). The SMILES string of the molecule is CC#CC(=O)N1CCCN(C(=O)c2ccc(OC(F)(F)F)cc2)CC1. The van der Waals surface area contributed by atoms with Gasteiger partial charge in [0.2, 0.25) is 0 Å². The van der Waals surface area contributed by atoms with E-state index in [4.69, 9.17) is 0 Å². The third-order valence-corrected chi connectivity index (χ3v) is 3.64. The fourth-order valence-electron chi connectivity index (χ4n) is 2.49. The van der Waals surface area contributed by atoms with Gasteiger partial charge in [0.1, 0.15) is 5.75 Å². The van der Waals surface area contributed by atoms with Gasteiger partial charge in [0.15, 0.2) is 0 Å². The molecule has 1 aliphatic heterocycles. The fourth-order valence-corrected chi connectivity index (χ4v) is 2.49. The first-order valence-corrected chi connectivity index (χ1v) is 7.67. The summed E-state index contributed by atoms with van der Waals surface area (Å²) in [6, 6.07) is 4.79. The number of carbonyl (C=O) groups excluding carboxylic acids is 2. The molecule has 0 N–H and O–H groups in total. The summed E-state index contributed by atoms with van der Waals surface area (Å²) in [5, 5.41) is 0. The number of ether oxygens (including phenoxy) is 1. The van der Waals surface area contributed by atoms with E-state index in [1.54, 1.807) is 16.7 Å². The Morgan fingerprint density at radius 1 is 1.04 bits per heavy atom. The van der Waals surface area contributed by atoms with Crippen LogP contribution in [0.5, 0.6) is 5.75 Å². The minimum atomic E-state index is -4.77. The van der Waals surface area contributed by atoms with Crippen LogP contribution in [0.3, 0.4) is 0 Å². The van der Waals surface area contributed by atoms with E-state index in [0.717, 1.165) is 12.1 Å². The third-order valence-electron chi connectivity index (χ3n) is 3.64. The Balaban J connectivity index is 2.00. The lowest BCUT2D eigenvalue weighted by Gasteiger charge is -2.21. The van der Waals surface area contributed by atoms with Crippen molar-refractivity contribution in [1.29, 1.82) is 0 Å². The van der Waals surface area contributed by atoms with E-state index >= 15 is 0 Å². The van der Waals surface area contributed by atoms with Crippen molar-refractivity contribution in [3.63, 3.8) is 0 Å². The fraction of sp³-hybridized carbons (Fsp3) is 0.412.